The zero-order valence-electron chi connectivity index (χ0n) is 6.57. The minimum absolute atomic E-state index is 0.225. The summed E-state index contributed by atoms with van der Waals surface area (Å²) in [5.74, 6) is -0.225. The van der Waals surface area contributed by atoms with E-state index in [1.54, 1.807) is 24.3 Å². The molecule has 0 saturated heterocycles. The Kier molecular flexibility index (Phi) is 3.43. The van der Waals surface area contributed by atoms with Gasteiger partial charge in [0.2, 0.25) is 10.0 Å². The molecular formula is C7H8BrNO3S. The van der Waals surface area contributed by atoms with Gasteiger partial charge in [-0.3, -0.25) is 0 Å². The van der Waals surface area contributed by atoms with Crippen LogP contribution in [0.5, 0.6) is 0 Å². The Morgan fingerprint density at radius 1 is 1.31 bits per heavy atom. The first-order chi connectivity index (χ1) is 6.03. The lowest BCUT2D eigenvalue weighted by atomic mass is 10.2. The monoisotopic (exact) mass is 265 g/mol. The summed E-state index contributed by atoms with van der Waals surface area (Å²) in [6, 6.07) is 6.81. The van der Waals surface area contributed by atoms with Crippen LogP contribution in [-0.2, 0) is 15.8 Å². The number of sulfonamides is 1. The first-order valence-electron chi connectivity index (χ1n) is 3.41. The highest BCUT2D eigenvalue weighted by Crippen LogP contribution is 2.11. The third-order valence-electron chi connectivity index (χ3n) is 1.41. The highest BCUT2D eigenvalue weighted by Gasteiger charge is 2.08. The van der Waals surface area contributed by atoms with Crippen LogP contribution in [0, 0.1) is 0 Å². The topological polar surface area (TPSA) is 66.4 Å². The van der Waals surface area contributed by atoms with E-state index in [-0.39, 0.29) is 5.75 Å². The van der Waals surface area contributed by atoms with Gasteiger partial charge >= 0.3 is 0 Å². The molecule has 1 aromatic carbocycles. The minimum atomic E-state index is -3.60. The van der Waals surface area contributed by atoms with E-state index in [4.69, 9.17) is 5.21 Å². The summed E-state index contributed by atoms with van der Waals surface area (Å²) in [5, 5.41) is 8.26. The summed E-state index contributed by atoms with van der Waals surface area (Å²) in [6.07, 6.45) is 0. The largest absolute Gasteiger partial charge is 0.302 e. The van der Waals surface area contributed by atoms with E-state index in [1.165, 1.54) is 4.89 Å². The molecule has 6 heteroatoms. The lowest BCUT2D eigenvalue weighted by Crippen LogP contribution is -2.20. The summed E-state index contributed by atoms with van der Waals surface area (Å²) < 4.78 is 22.6. The number of hydrogen-bond donors (Lipinski definition) is 2. The van der Waals surface area contributed by atoms with Gasteiger partial charge in [-0.2, -0.15) is 0 Å². The molecule has 0 heterocycles. The maximum Gasteiger partial charge on any atom is 0.237 e. The second-order valence-electron chi connectivity index (χ2n) is 2.48. The van der Waals surface area contributed by atoms with Crippen LogP contribution in [0.1, 0.15) is 5.56 Å². The van der Waals surface area contributed by atoms with Crippen molar-refractivity contribution >= 4 is 26.0 Å². The van der Waals surface area contributed by atoms with E-state index in [9.17, 15) is 8.42 Å². The standard InChI is InChI=1S/C7H8BrNO3S/c8-7-3-1-6(2-4-7)5-13(11,12)9-10/h1-4,9-10H,5H2. The summed E-state index contributed by atoms with van der Waals surface area (Å²) >= 11 is 3.23. The van der Waals surface area contributed by atoms with Gasteiger partial charge in [0, 0.05) is 4.47 Å². The van der Waals surface area contributed by atoms with Crippen molar-refractivity contribution in [2.24, 2.45) is 0 Å². The Labute approximate surface area is 84.7 Å². The van der Waals surface area contributed by atoms with Gasteiger partial charge in [0.05, 0.1) is 5.75 Å². The van der Waals surface area contributed by atoms with Crippen molar-refractivity contribution < 1.29 is 13.6 Å². The van der Waals surface area contributed by atoms with Gasteiger partial charge in [0.1, 0.15) is 0 Å². The molecule has 4 nitrogen and oxygen atoms in total. The summed E-state index contributed by atoms with van der Waals surface area (Å²) in [6.45, 7) is 0. The van der Waals surface area contributed by atoms with E-state index in [2.05, 4.69) is 15.9 Å². The summed E-state index contributed by atoms with van der Waals surface area (Å²) in [5.41, 5.74) is 0.616. The molecule has 0 aromatic heterocycles. The van der Waals surface area contributed by atoms with E-state index < -0.39 is 10.0 Å². The number of benzene rings is 1. The molecule has 0 aliphatic carbocycles. The lowest BCUT2D eigenvalue weighted by molar-refractivity contribution is 0.242. The normalized spacial score (nSPS) is 11.5. The fourth-order valence-corrected chi connectivity index (χ4v) is 1.79. The van der Waals surface area contributed by atoms with Gasteiger partial charge in [-0.25, -0.2) is 8.42 Å². The Hall–Kier alpha value is -0.430. The van der Waals surface area contributed by atoms with Gasteiger partial charge in [-0.05, 0) is 17.7 Å². The molecule has 0 aliphatic rings. The van der Waals surface area contributed by atoms with Crippen LogP contribution >= 0.6 is 15.9 Å². The maximum atomic E-state index is 10.9. The van der Waals surface area contributed by atoms with E-state index in [0.717, 1.165) is 4.47 Å². The van der Waals surface area contributed by atoms with Crippen molar-refractivity contribution in [3.05, 3.63) is 34.3 Å². The SMILES string of the molecule is O=S(=O)(Cc1ccc(Br)cc1)NO. The highest BCUT2D eigenvalue weighted by atomic mass is 79.9. The molecule has 0 saturated carbocycles. The number of rotatable bonds is 3. The van der Waals surface area contributed by atoms with Crippen molar-refractivity contribution in [3.8, 4) is 0 Å². The van der Waals surface area contributed by atoms with Crippen molar-refractivity contribution in [2.45, 2.75) is 5.75 Å². The molecule has 1 aromatic rings. The predicted molar refractivity (Wildman–Crippen MR) is 51.7 cm³/mol. The molecule has 2 N–H and O–H groups in total. The third-order valence-corrected chi connectivity index (χ3v) is 2.93. The average molecular weight is 266 g/mol. The average Bonchev–Trinajstić information content (AvgIpc) is 2.09. The molecule has 13 heavy (non-hydrogen) atoms. The first-order valence-corrected chi connectivity index (χ1v) is 5.86. The van der Waals surface area contributed by atoms with Crippen molar-refractivity contribution in [3.63, 3.8) is 0 Å². The molecule has 0 amide bonds. The first kappa shape index (κ1) is 10.6. The number of nitrogens with one attached hydrogen (secondary N) is 1. The molecule has 0 unspecified atom stereocenters. The molecule has 0 spiro atoms. The Morgan fingerprint density at radius 2 is 1.85 bits per heavy atom. The molecular weight excluding hydrogens is 258 g/mol. The summed E-state index contributed by atoms with van der Waals surface area (Å²) in [7, 11) is -3.60. The molecule has 0 radical (unpaired) electrons. The highest BCUT2D eigenvalue weighted by molar-refractivity contribution is 9.10. The Morgan fingerprint density at radius 3 is 2.31 bits per heavy atom. The Bertz CT molecular complexity index is 373. The maximum absolute atomic E-state index is 10.9. The quantitative estimate of drug-likeness (QED) is 0.809. The van der Waals surface area contributed by atoms with Gasteiger partial charge in [0.15, 0.2) is 0 Å². The van der Waals surface area contributed by atoms with Gasteiger partial charge in [0.25, 0.3) is 0 Å². The Balaban J connectivity index is 2.82. The van der Waals surface area contributed by atoms with Crippen molar-refractivity contribution in [2.75, 3.05) is 0 Å². The van der Waals surface area contributed by atoms with Crippen LogP contribution in [0.4, 0.5) is 0 Å². The van der Waals surface area contributed by atoms with E-state index in [0.29, 0.717) is 5.56 Å². The zero-order valence-corrected chi connectivity index (χ0v) is 8.97. The van der Waals surface area contributed by atoms with Crippen LogP contribution in [0.15, 0.2) is 28.7 Å². The third kappa shape index (κ3) is 3.43. The van der Waals surface area contributed by atoms with E-state index in [1.807, 2.05) is 0 Å². The second-order valence-corrected chi connectivity index (χ2v) is 5.09. The smallest absolute Gasteiger partial charge is 0.237 e. The lowest BCUT2D eigenvalue weighted by Gasteiger charge is -2.01. The van der Waals surface area contributed by atoms with Crippen LogP contribution in [-0.4, -0.2) is 13.6 Å². The molecule has 0 bridgehead atoms. The van der Waals surface area contributed by atoms with Crippen LogP contribution < -0.4 is 4.89 Å². The molecule has 0 aliphatic heterocycles. The van der Waals surface area contributed by atoms with Crippen LogP contribution in [0.2, 0.25) is 0 Å². The summed E-state index contributed by atoms with van der Waals surface area (Å²) in [4.78, 5) is 1.26. The second kappa shape index (κ2) is 4.19. The number of hydrogen-bond acceptors (Lipinski definition) is 3. The number of halogens is 1. The van der Waals surface area contributed by atoms with Gasteiger partial charge < -0.3 is 5.21 Å². The van der Waals surface area contributed by atoms with Gasteiger partial charge in [-0.15, -0.1) is 0 Å². The van der Waals surface area contributed by atoms with Crippen molar-refractivity contribution in [1.82, 2.24) is 4.89 Å². The van der Waals surface area contributed by atoms with Gasteiger partial charge in [-0.1, -0.05) is 32.9 Å². The molecule has 1 rings (SSSR count). The van der Waals surface area contributed by atoms with Crippen LogP contribution in [0.3, 0.4) is 0 Å². The van der Waals surface area contributed by atoms with Crippen LogP contribution in [0.25, 0.3) is 0 Å². The zero-order chi connectivity index (χ0) is 9.90. The molecule has 72 valence electrons. The van der Waals surface area contributed by atoms with E-state index >= 15 is 0 Å². The minimum Gasteiger partial charge on any atom is -0.302 e. The molecule has 0 fully saturated rings. The molecule has 0 atom stereocenters. The van der Waals surface area contributed by atoms with Crippen molar-refractivity contribution in [1.29, 1.82) is 0 Å². The predicted octanol–water partition coefficient (Wildman–Crippen LogP) is 1.26. The fourth-order valence-electron chi connectivity index (χ4n) is 0.832. The fraction of sp³-hybridized carbons (Fsp3) is 0.143.